The van der Waals surface area contributed by atoms with Gasteiger partial charge in [0.15, 0.2) is 0 Å². The number of hydrazine groups is 1. The van der Waals surface area contributed by atoms with Crippen LogP contribution in [0.2, 0.25) is 0 Å². The molecule has 5 nitrogen and oxygen atoms in total. The molecule has 1 aromatic carbocycles. The average Bonchev–Trinajstić information content (AvgIpc) is 2.77. The lowest BCUT2D eigenvalue weighted by Gasteiger charge is -2.22. The molecule has 20 heavy (non-hydrogen) atoms. The van der Waals surface area contributed by atoms with Crippen molar-refractivity contribution in [3.05, 3.63) is 45.9 Å². The van der Waals surface area contributed by atoms with E-state index >= 15 is 0 Å². The molecule has 0 bridgehead atoms. The standard InChI is InChI=1S/C13H17BrFN5/c1-7(2)20-13(10(14)6-18-20)12(19-17)9-5-8(15)3-4-11(9)16/h3-7,12,19H,16-17H2,1-2H3. The fraction of sp³-hybridized carbons (Fsp3) is 0.308. The van der Waals surface area contributed by atoms with Gasteiger partial charge >= 0.3 is 0 Å². The Morgan fingerprint density at radius 1 is 1.40 bits per heavy atom. The molecule has 0 aliphatic carbocycles. The molecule has 0 radical (unpaired) electrons. The van der Waals surface area contributed by atoms with Gasteiger partial charge in [-0.15, -0.1) is 0 Å². The minimum atomic E-state index is -0.454. The van der Waals surface area contributed by atoms with Crippen molar-refractivity contribution in [1.29, 1.82) is 0 Å². The number of rotatable bonds is 4. The van der Waals surface area contributed by atoms with Crippen LogP contribution in [0.25, 0.3) is 0 Å². The second kappa shape index (κ2) is 5.90. The summed E-state index contributed by atoms with van der Waals surface area (Å²) in [6.45, 7) is 4.01. The van der Waals surface area contributed by atoms with Crippen molar-refractivity contribution in [1.82, 2.24) is 15.2 Å². The summed E-state index contributed by atoms with van der Waals surface area (Å²) in [5.41, 5.74) is 10.5. The maximum absolute atomic E-state index is 13.5. The minimum Gasteiger partial charge on any atom is -0.398 e. The first-order valence-electron chi connectivity index (χ1n) is 6.19. The summed E-state index contributed by atoms with van der Waals surface area (Å²) in [5.74, 6) is 5.30. The van der Waals surface area contributed by atoms with Gasteiger partial charge in [-0.25, -0.2) is 9.82 Å². The molecular weight excluding hydrogens is 325 g/mol. The number of hydrogen-bond donors (Lipinski definition) is 3. The molecule has 1 atom stereocenters. The zero-order valence-corrected chi connectivity index (χ0v) is 12.9. The summed E-state index contributed by atoms with van der Waals surface area (Å²) in [7, 11) is 0. The Morgan fingerprint density at radius 3 is 2.70 bits per heavy atom. The topological polar surface area (TPSA) is 81.9 Å². The van der Waals surface area contributed by atoms with Crippen LogP contribution in [-0.4, -0.2) is 9.78 Å². The Labute approximate surface area is 125 Å². The zero-order chi connectivity index (χ0) is 14.9. The van der Waals surface area contributed by atoms with Gasteiger partial charge in [0.25, 0.3) is 0 Å². The summed E-state index contributed by atoms with van der Waals surface area (Å²) < 4.78 is 16.1. The van der Waals surface area contributed by atoms with Gasteiger partial charge in [0.1, 0.15) is 5.82 Å². The van der Waals surface area contributed by atoms with E-state index in [4.69, 9.17) is 11.6 Å². The molecule has 1 aromatic heterocycles. The van der Waals surface area contributed by atoms with Gasteiger partial charge < -0.3 is 5.73 Å². The van der Waals surface area contributed by atoms with E-state index in [1.165, 1.54) is 18.2 Å². The Hall–Kier alpha value is -1.44. The van der Waals surface area contributed by atoms with Gasteiger partial charge in [-0.2, -0.15) is 5.10 Å². The normalized spacial score (nSPS) is 12.9. The number of nitrogens with one attached hydrogen (secondary N) is 1. The third kappa shape index (κ3) is 2.70. The van der Waals surface area contributed by atoms with Gasteiger partial charge in [0.2, 0.25) is 0 Å². The first-order chi connectivity index (χ1) is 9.45. The Kier molecular flexibility index (Phi) is 4.42. The van der Waals surface area contributed by atoms with Crippen molar-refractivity contribution < 1.29 is 4.39 Å². The lowest BCUT2D eigenvalue weighted by atomic mass is 10.0. The summed E-state index contributed by atoms with van der Waals surface area (Å²) in [6.07, 6.45) is 1.69. The van der Waals surface area contributed by atoms with E-state index < -0.39 is 6.04 Å². The molecule has 0 saturated heterocycles. The van der Waals surface area contributed by atoms with Crippen molar-refractivity contribution in [3.63, 3.8) is 0 Å². The number of anilines is 1. The average molecular weight is 342 g/mol. The number of hydrogen-bond acceptors (Lipinski definition) is 4. The number of nitrogens with two attached hydrogens (primary N) is 2. The van der Waals surface area contributed by atoms with Crippen LogP contribution in [0.1, 0.15) is 37.2 Å². The molecule has 2 aromatic rings. The molecule has 0 fully saturated rings. The van der Waals surface area contributed by atoms with E-state index in [2.05, 4.69) is 26.5 Å². The largest absolute Gasteiger partial charge is 0.398 e. The van der Waals surface area contributed by atoms with Gasteiger partial charge in [-0.1, -0.05) is 0 Å². The SMILES string of the molecule is CC(C)n1ncc(Br)c1C(NN)c1cc(F)ccc1N. The smallest absolute Gasteiger partial charge is 0.123 e. The molecular formula is C13H17BrFN5. The molecule has 0 saturated carbocycles. The molecule has 0 aliphatic heterocycles. The fourth-order valence-corrected chi connectivity index (χ4v) is 2.65. The number of nitrogens with zero attached hydrogens (tertiary/aromatic N) is 2. The van der Waals surface area contributed by atoms with E-state index in [1.54, 1.807) is 6.20 Å². The summed E-state index contributed by atoms with van der Waals surface area (Å²) in [5, 5.41) is 4.30. The molecule has 1 unspecified atom stereocenters. The predicted molar refractivity (Wildman–Crippen MR) is 80.3 cm³/mol. The highest BCUT2D eigenvalue weighted by molar-refractivity contribution is 9.10. The Morgan fingerprint density at radius 2 is 2.10 bits per heavy atom. The van der Waals surface area contributed by atoms with Crippen LogP contribution in [-0.2, 0) is 0 Å². The van der Waals surface area contributed by atoms with Crippen molar-refractivity contribution >= 4 is 21.6 Å². The molecule has 5 N–H and O–H groups in total. The van der Waals surface area contributed by atoms with Crippen LogP contribution in [0.5, 0.6) is 0 Å². The predicted octanol–water partition coefficient (Wildman–Crippen LogP) is 2.50. The van der Waals surface area contributed by atoms with E-state index in [-0.39, 0.29) is 11.9 Å². The van der Waals surface area contributed by atoms with Gasteiger partial charge in [0, 0.05) is 17.3 Å². The molecule has 0 spiro atoms. The quantitative estimate of drug-likeness (QED) is 0.453. The number of benzene rings is 1. The third-order valence-electron chi connectivity index (χ3n) is 3.08. The van der Waals surface area contributed by atoms with Crippen molar-refractivity contribution in [3.8, 4) is 0 Å². The monoisotopic (exact) mass is 341 g/mol. The Bertz CT molecular complexity index is 611. The number of nitrogen functional groups attached to an aromatic ring is 1. The van der Waals surface area contributed by atoms with Crippen LogP contribution < -0.4 is 17.0 Å². The van der Waals surface area contributed by atoms with Crippen LogP contribution >= 0.6 is 15.9 Å². The summed E-state index contributed by atoms with van der Waals surface area (Å²) in [4.78, 5) is 0. The van der Waals surface area contributed by atoms with Crippen LogP contribution in [0.3, 0.4) is 0 Å². The number of aromatic nitrogens is 2. The van der Waals surface area contributed by atoms with E-state index in [9.17, 15) is 4.39 Å². The first kappa shape index (κ1) is 15.0. The van der Waals surface area contributed by atoms with Crippen molar-refractivity contribution in [2.45, 2.75) is 25.9 Å². The zero-order valence-electron chi connectivity index (χ0n) is 11.3. The van der Waals surface area contributed by atoms with Crippen LogP contribution in [0, 0.1) is 5.82 Å². The molecule has 0 aliphatic rings. The van der Waals surface area contributed by atoms with Crippen LogP contribution in [0.15, 0.2) is 28.9 Å². The minimum absolute atomic E-state index is 0.141. The highest BCUT2D eigenvalue weighted by atomic mass is 79.9. The first-order valence-corrected chi connectivity index (χ1v) is 6.99. The highest BCUT2D eigenvalue weighted by Gasteiger charge is 2.24. The second-order valence-corrected chi connectivity index (χ2v) is 5.64. The van der Waals surface area contributed by atoms with E-state index in [0.29, 0.717) is 11.3 Å². The second-order valence-electron chi connectivity index (χ2n) is 4.79. The molecule has 1 heterocycles. The lowest BCUT2D eigenvalue weighted by molar-refractivity contribution is 0.475. The van der Waals surface area contributed by atoms with Gasteiger partial charge in [0.05, 0.1) is 22.4 Å². The van der Waals surface area contributed by atoms with E-state index in [1.807, 2.05) is 18.5 Å². The fourth-order valence-electron chi connectivity index (χ4n) is 2.14. The summed E-state index contributed by atoms with van der Waals surface area (Å²) in [6, 6.07) is 3.91. The molecule has 2 rings (SSSR count). The molecule has 0 amide bonds. The highest BCUT2D eigenvalue weighted by Crippen LogP contribution is 2.32. The molecule has 7 heteroatoms. The van der Waals surface area contributed by atoms with E-state index in [0.717, 1.165) is 10.2 Å². The maximum atomic E-state index is 13.5. The van der Waals surface area contributed by atoms with Crippen molar-refractivity contribution in [2.75, 3.05) is 5.73 Å². The number of halogens is 2. The van der Waals surface area contributed by atoms with Crippen LogP contribution in [0.4, 0.5) is 10.1 Å². The third-order valence-corrected chi connectivity index (χ3v) is 3.69. The molecule has 108 valence electrons. The van der Waals surface area contributed by atoms with Crippen molar-refractivity contribution in [2.24, 2.45) is 5.84 Å². The lowest BCUT2D eigenvalue weighted by Crippen LogP contribution is -2.32. The maximum Gasteiger partial charge on any atom is 0.123 e. The van der Waals surface area contributed by atoms with Gasteiger partial charge in [-0.3, -0.25) is 10.5 Å². The summed E-state index contributed by atoms with van der Waals surface area (Å²) >= 11 is 3.45. The Balaban J connectivity index is 2.58. The van der Waals surface area contributed by atoms with Gasteiger partial charge in [-0.05, 0) is 48.0 Å².